The minimum atomic E-state index is -0.422. The molecular formula is C13H15NO3. The lowest BCUT2D eigenvalue weighted by molar-refractivity contribution is -0.117. The van der Waals surface area contributed by atoms with Crippen molar-refractivity contribution in [3.05, 3.63) is 29.3 Å². The predicted molar refractivity (Wildman–Crippen MR) is 63.9 cm³/mol. The Balaban J connectivity index is 2.28. The van der Waals surface area contributed by atoms with Crippen LogP contribution in [-0.2, 0) is 9.53 Å². The molecular weight excluding hydrogens is 218 g/mol. The predicted octanol–water partition coefficient (Wildman–Crippen LogP) is 2.13. The van der Waals surface area contributed by atoms with Crippen LogP contribution in [0.4, 0.5) is 5.69 Å². The summed E-state index contributed by atoms with van der Waals surface area (Å²) < 4.78 is 4.73. The molecule has 1 N–H and O–H groups in total. The first-order valence-electron chi connectivity index (χ1n) is 5.62. The van der Waals surface area contributed by atoms with Gasteiger partial charge in [-0.3, -0.25) is 4.79 Å². The number of methoxy groups -OCH3 is 1. The van der Waals surface area contributed by atoms with Gasteiger partial charge in [0.05, 0.1) is 18.4 Å². The van der Waals surface area contributed by atoms with Crippen LogP contribution in [0.5, 0.6) is 0 Å². The quantitative estimate of drug-likeness (QED) is 0.814. The van der Waals surface area contributed by atoms with E-state index in [9.17, 15) is 9.59 Å². The van der Waals surface area contributed by atoms with Crippen molar-refractivity contribution in [3.8, 4) is 0 Å². The number of carbonyl (C=O) groups excluding carboxylic acids is 2. The molecule has 0 unspecified atom stereocenters. The third-order valence-electron chi connectivity index (χ3n) is 2.87. The number of rotatable bonds is 3. The third kappa shape index (κ3) is 2.46. The summed E-state index contributed by atoms with van der Waals surface area (Å²) in [6, 6.07) is 5.35. The Labute approximate surface area is 100.0 Å². The van der Waals surface area contributed by atoms with E-state index in [0.29, 0.717) is 11.3 Å². The highest BCUT2D eigenvalue weighted by molar-refractivity contribution is 6.03. The van der Waals surface area contributed by atoms with Crippen LogP contribution in [0.2, 0.25) is 0 Å². The zero-order chi connectivity index (χ0) is 12.4. The molecule has 0 spiro atoms. The molecule has 4 nitrogen and oxygen atoms in total. The number of nitrogens with one attached hydrogen (secondary N) is 1. The molecule has 0 aliphatic heterocycles. The van der Waals surface area contributed by atoms with Gasteiger partial charge in [-0.2, -0.15) is 0 Å². The number of ether oxygens (including phenoxy) is 1. The summed E-state index contributed by atoms with van der Waals surface area (Å²) in [5.74, 6) is -0.323. The van der Waals surface area contributed by atoms with E-state index >= 15 is 0 Å². The first kappa shape index (κ1) is 11.6. The molecule has 1 amide bonds. The van der Waals surface area contributed by atoms with Gasteiger partial charge in [0.15, 0.2) is 0 Å². The molecule has 0 heterocycles. The van der Waals surface area contributed by atoms with Crippen molar-refractivity contribution in [3.63, 3.8) is 0 Å². The molecule has 4 heteroatoms. The van der Waals surface area contributed by atoms with Crippen LogP contribution >= 0.6 is 0 Å². The van der Waals surface area contributed by atoms with Crippen molar-refractivity contribution >= 4 is 17.6 Å². The van der Waals surface area contributed by atoms with Gasteiger partial charge >= 0.3 is 5.97 Å². The summed E-state index contributed by atoms with van der Waals surface area (Å²) in [5.41, 5.74) is 1.77. The molecule has 1 aromatic carbocycles. The Morgan fingerprint density at radius 1 is 1.35 bits per heavy atom. The van der Waals surface area contributed by atoms with Crippen LogP contribution in [0, 0.1) is 12.8 Å². The van der Waals surface area contributed by atoms with Gasteiger partial charge in [-0.15, -0.1) is 0 Å². The molecule has 17 heavy (non-hydrogen) atoms. The van der Waals surface area contributed by atoms with E-state index in [1.54, 1.807) is 6.07 Å². The zero-order valence-corrected chi connectivity index (χ0v) is 9.95. The van der Waals surface area contributed by atoms with E-state index in [4.69, 9.17) is 4.74 Å². The maximum Gasteiger partial charge on any atom is 0.340 e. The first-order valence-corrected chi connectivity index (χ1v) is 5.62. The van der Waals surface area contributed by atoms with E-state index in [-0.39, 0.29) is 11.8 Å². The van der Waals surface area contributed by atoms with Gasteiger partial charge < -0.3 is 10.1 Å². The monoisotopic (exact) mass is 233 g/mol. The van der Waals surface area contributed by atoms with Gasteiger partial charge in [-0.25, -0.2) is 4.79 Å². The minimum Gasteiger partial charge on any atom is -0.465 e. The molecule has 0 atom stereocenters. The normalized spacial score (nSPS) is 14.2. The van der Waals surface area contributed by atoms with Crippen molar-refractivity contribution in [1.29, 1.82) is 0 Å². The molecule has 1 saturated carbocycles. The SMILES string of the molecule is COC(=O)c1c(C)cccc1NC(=O)C1CC1. The number of esters is 1. The summed E-state index contributed by atoms with van der Waals surface area (Å²) in [7, 11) is 1.33. The van der Waals surface area contributed by atoms with Gasteiger partial charge in [-0.1, -0.05) is 12.1 Å². The largest absolute Gasteiger partial charge is 0.465 e. The van der Waals surface area contributed by atoms with E-state index in [1.165, 1.54) is 7.11 Å². The third-order valence-corrected chi connectivity index (χ3v) is 2.87. The van der Waals surface area contributed by atoms with Crippen LogP contribution in [0.15, 0.2) is 18.2 Å². The zero-order valence-electron chi connectivity index (χ0n) is 9.95. The van der Waals surface area contributed by atoms with Crippen molar-refractivity contribution in [1.82, 2.24) is 0 Å². The highest BCUT2D eigenvalue weighted by Gasteiger charge is 2.30. The second-order valence-electron chi connectivity index (χ2n) is 4.25. The van der Waals surface area contributed by atoms with Crippen molar-refractivity contribution in [2.24, 2.45) is 5.92 Å². The number of hydrogen-bond donors (Lipinski definition) is 1. The maximum atomic E-state index is 11.7. The van der Waals surface area contributed by atoms with E-state index < -0.39 is 5.97 Å². The number of hydrogen-bond acceptors (Lipinski definition) is 3. The van der Waals surface area contributed by atoms with Crippen molar-refractivity contribution in [2.45, 2.75) is 19.8 Å². The Hall–Kier alpha value is -1.84. The van der Waals surface area contributed by atoms with Gasteiger partial charge in [0.2, 0.25) is 5.91 Å². The summed E-state index contributed by atoms with van der Waals surface area (Å²) >= 11 is 0. The Morgan fingerprint density at radius 2 is 2.06 bits per heavy atom. The lowest BCUT2D eigenvalue weighted by atomic mass is 10.1. The fourth-order valence-corrected chi connectivity index (χ4v) is 1.73. The fourth-order valence-electron chi connectivity index (χ4n) is 1.73. The molecule has 2 rings (SSSR count). The highest BCUT2D eigenvalue weighted by Crippen LogP contribution is 2.31. The Kier molecular flexibility index (Phi) is 3.13. The van der Waals surface area contributed by atoms with Crippen LogP contribution < -0.4 is 5.32 Å². The first-order chi connectivity index (χ1) is 8.13. The molecule has 1 aliphatic rings. The summed E-state index contributed by atoms with van der Waals surface area (Å²) in [5, 5.41) is 2.79. The number of carbonyl (C=O) groups is 2. The Bertz CT molecular complexity index is 464. The molecule has 1 fully saturated rings. The average molecular weight is 233 g/mol. The van der Waals surface area contributed by atoms with Crippen LogP contribution in [0.1, 0.15) is 28.8 Å². The summed E-state index contributed by atoms with van der Waals surface area (Å²) in [6.45, 7) is 1.82. The van der Waals surface area contributed by atoms with E-state index in [1.807, 2.05) is 19.1 Å². The lowest BCUT2D eigenvalue weighted by Crippen LogP contribution is -2.17. The van der Waals surface area contributed by atoms with Crippen molar-refractivity contribution in [2.75, 3.05) is 12.4 Å². The second kappa shape index (κ2) is 4.57. The van der Waals surface area contributed by atoms with Gasteiger partial charge in [0.25, 0.3) is 0 Å². The molecule has 90 valence electrons. The standard InChI is InChI=1S/C13H15NO3/c1-8-4-3-5-10(11(8)13(16)17-2)14-12(15)9-6-7-9/h3-5,9H,6-7H2,1-2H3,(H,14,15). The molecule has 1 aliphatic carbocycles. The average Bonchev–Trinajstić information content (AvgIpc) is 3.12. The number of anilines is 1. The number of amides is 1. The maximum absolute atomic E-state index is 11.7. The smallest absolute Gasteiger partial charge is 0.340 e. The molecule has 1 aromatic rings. The topological polar surface area (TPSA) is 55.4 Å². The second-order valence-corrected chi connectivity index (χ2v) is 4.25. The van der Waals surface area contributed by atoms with Gasteiger partial charge in [0, 0.05) is 5.92 Å². The van der Waals surface area contributed by atoms with Gasteiger partial charge in [-0.05, 0) is 31.4 Å². The summed E-state index contributed by atoms with van der Waals surface area (Å²) in [4.78, 5) is 23.3. The lowest BCUT2D eigenvalue weighted by Gasteiger charge is -2.11. The van der Waals surface area contributed by atoms with E-state index in [2.05, 4.69) is 5.32 Å². The molecule has 0 radical (unpaired) electrons. The van der Waals surface area contributed by atoms with Crippen molar-refractivity contribution < 1.29 is 14.3 Å². The Morgan fingerprint density at radius 3 is 2.65 bits per heavy atom. The molecule has 0 bridgehead atoms. The minimum absolute atomic E-state index is 0.0132. The fraction of sp³-hybridized carbons (Fsp3) is 0.385. The van der Waals surface area contributed by atoms with E-state index in [0.717, 1.165) is 18.4 Å². The number of benzene rings is 1. The van der Waals surface area contributed by atoms with Crippen LogP contribution in [0.3, 0.4) is 0 Å². The van der Waals surface area contributed by atoms with Gasteiger partial charge in [0.1, 0.15) is 0 Å². The highest BCUT2D eigenvalue weighted by atomic mass is 16.5. The van der Waals surface area contributed by atoms with Crippen LogP contribution in [0.25, 0.3) is 0 Å². The molecule has 0 aromatic heterocycles. The summed E-state index contributed by atoms with van der Waals surface area (Å²) in [6.07, 6.45) is 1.87. The van der Waals surface area contributed by atoms with Crippen LogP contribution in [-0.4, -0.2) is 19.0 Å². The molecule has 0 saturated heterocycles. The number of aryl methyl sites for hydroxylation is 1.